The zero-order valence-corrected chi connectivity index (χ0v) is 19.3. The summed E-state index contributed by atoms with van der Waals surface area (Å²) in [4.78, 5) is 30.9. The van der Waals surface area contributed by atoms with Crippen molar-refractivity contribution in [3.05, 3.63) is 65.2 Å². The van der Waals surface area contributed by atoms with E-state index in [1.807, 2.05) is 48.5 Å². The van der Waals surface area contributed by atoms with E-state index in [4.69, 9.17) is 4.74 Å². The summed E-state index contributed by atoms with van der Waals surface area (Å²) in [7, 11) is 1.61. The van der Waals surface area contributed by atoms with Crippen molar-refractivity contribution >= 4 is 11.8 Å². The second-order valence-corrected chi connectivity index (χ2v) is 9.34. The first-order valence-corrected chi connectivity index (χ1v) is 11.5. The zero-order chi connectivity index (χ0) is 22.7. The fraction of sp³-hybridized carbons (Fsp3) is 0.462. The number of fused-ring (bicyclic) bond motifs is 1. The Hall–Kier alpha value is -2.86. The van der Waals surface area contributed by atoms with Crippen LogP contribution in [-0.4, -0.2) is 53.9 Å². The van der Waals surface area contributed by atoms with Crippen LogP contribution in [0.4, 0.5) is 0 Å². The smallest absolute Gasteiger partial charge is 0.255 e. The van der Waals surface area contributed by atoms with Crippen LogP contribution in [0, 0.1) is 0 Å². The molecule has 0 aliphatic carbocycles. The van der Waals surface area contributed by atoms with Crippen molar-refractivity contribution in [3.63, 3.8) is 0 Å². The fourth-order valence-electron chi connectivity index (χ4n) is 4.76. The molecule has 0 unspecified atom stereocenters. The maximum atomic E-state index is 13.6. The Balaban J connectivity index is 1.56. The van der Waals surface area contributed by atoms with Gasteiger partial charge in [-0.2, -0.15) is 0 Å². The van der Waals surface area contributed by atoms with Crippen LogP contribution < -0.4 is 10.1 Å². The van der Waals surface area contributed by atoms with Crippen LogP contribution in [0.25, 0.3) is 0 Å². The minimum absolute atomic E-state index is 0.105. The second-order valence-electron chi connectivity index (χ2n) is 9.34. The SMILES string of the molecule is COc1ccc([C@H](C(=O)NCC(C)(C)N2CCCCC2)N2Cc3ccccc3C2=O)cc1. The van der Waals surface area contributed by atoms with Gasteiger partial charge in [-0.1, -0.05) is 36.8 Å². The molecular weight excluding hydrogens is 402 g/mol. The standard InChI is InChI=1S/C26H33N3O3/c1-26(2,28-15-7-4-8-16-28)18-27-24(30)23(19-11-13-21(32-3)14-12-19)29-17-20-9-5-6-10-22(20)25(29)31/h5-6,9-14,23H,4,7-8,15-18H2,1-3H3,(H,27,30)/t23-/m1/s1. The number of nitrogens with zero attached hydrogens (tertiary/aromatic N) is 2. The Morgan fingerprint density at radius 2 is 1.75 bits per heavy atom. The van der Waals surface area contributed by atoms with Crippen molar-refractivity contribution in [1.82, 2.24) is 15.1 Å². The van der Waals surface area contributed by atoms with Crippen LogP contribution in [0.1, 0.15) is 60.6 Å². The highest BCUT2D eigenvalue weighted by Crippen LogP contribution is 2.32. The van der Waals surface area contributed by atoms with Crippen molar-refractivity contribution in [2.45, 2.75) is 51.2 Å². The lowest BCUT2D eigenvalue weighted by atomic mass is 9.97. The first-order chi connectivity index (χ1) is 15.4. The van der Waals surface area contributed by atoms with Crippen LogP contribution in [-0.2, 0) is 11.3 Å². The molecule has 6 heteroatoms. The number of hydrogen-bond donors (Lipinski definition) is 1. The number of hydrogen-bond acceptors (Lipinski definition) is 4. The summed E-state index contributed by atoms with van der Waals surface area (Å²) in [6, 6.07) is 14.3. The molecule has 1 saturated heterocycles. The van der Waals surface area contributed by atoms with E-state index in [1.54, 1.807) is 12.0 Å². The molecule has 0 radical (unpaired) electrons. The molecule has 1 atom stereocenters. The first kappa shape index (κ1) is 22.3. The molecule has 1 N–H and O–H groups in total. The van der Waals surface area contributed by atoms with Crippen molar-refractivity contribution in [2.75, 3.05) is 26.7 Å². The predicted molar refractivity (Wildman–Crippen MR) is 125 cm³/mol. The molecule has 2 aliphatic heterocycles. The lowest BCUT2D eigenvalue weighted by molar-refractivity contribution is -0.126. The number of carbonyl (C=O) groups is 2. The monoisotopic (exact) mass is 435 g/mol. The van der Waals surface area contributed by atoms with E-state index in [2.05, 4.69) is 24.1 Å². The molecule has 170 valence electrons. The molecule has 6 nitrogen and oxygen atoms in total. The van der Waals surface area contributed by atoms with E-state index in [0.29, 0.717) is 18.7 Å². The van der Waals surface area contributed by atoms with Crippen LogP contribution in [0.3, 0.4) is 0 Å². The minimum Gasteiger partial charge on any atom is -0.497 e. The Kier molecular flexibility index (Phi) is 6.51. The molecule has 0 aromatic heterocycles. The minimum atomic E-state index is -0.696. The van der Waals surface area contributed by atoms with Gasteiger partial charge in [-0.15, -0.1) is 0 Å². The maximum Gasteiger partial charge on any atom is 0.255 e. The van der Waals surface area contributed by atoms with E-state index >= 15 is 0 Å². The van der Waals surface area contributed by atoms with E-state index < -0.39 is 6.04 Å². The summed E-state index contributed by atoms with van der Waals surface area (Å²) in [5, 5.41) is 3.17. The van der Waals surface area contributed by atoms with Crippen LogP contribution in [0.15, 0.2) is 48.5 Å². The van der Waals surface area contributed by atoms with E-state index in [-0.39, 0.29) is 17.4 Å². The van der Waals surface area contributed by atoms with Gasteiger partial charge in [0.15, 0.2) is 0 Å². The van der Waals surface area contributed by atoms with Gasteiger partial charge in [-0.25, -0.2) is 0 Å². The summed E-state index contributed by atoms with van der Waals surface area (Å²) in [5.41, 5.74) is 2.27. The molecule has 2 heterocycles. The van der Waals surface area contributed by atoms with E-state index in [9.17, 15) is 9.59 Å². The number of methoxy groups -OCH3 is 1. The van der Waals surface area contributed by atoms with Crippen molar-refractivity contribution in [3.8, 4) is 5.75 Å². The molecule has 2 aromatic carbocycles. The van der Waals surface area contributed by atoms with Gasteiger partial charge in [0.2, 0.25) is 5.91 Å². The van der Waals surface area contributed by atoms with E-state index in [1.165, 1.54) is 19.3 Å². The molecule has 2 amide bonds. The van der Waals surface area contributed by atoms with Gasteiger partial charge in [-0.05, 0) is 69.1 Å². The Labute approximate surface area is 190 Å². The quantitative estimate of drug-likeness (QED) is 0.719. The maximum absolute atomic E-state index is 13.6. The predicted octanol–water partition coefficient (Wildman–Crippen LogP) is 3.77. The molecule has 1 fully saturated rings. The zero-order valence-electron chi connectivity index (χ0n) is 19.3. The second kappa shape index (κ2) is 9.33. The average molecular weight is 436 g/mol. The van der Waals surface area contributed by atoms with Gasteiger partial charge >= 0.3 is 0 Å². The Morgan fingerprint density at radius 1 is 1.06 bits per heavy atom. The number of nitrogens with one attached hydrogen (secondary N) is 1. The van der Waals surface area contributed by atoms with Crippen LogP contribution >= 0.6 is 0 Å². The van der Waals surface area contributed by atoms with Crippen LogP contribution in [0.2, 0.25) is 0 Å². The Bertz CT molecular complexity index is 965. The van der Waals surface area contributed by atoms with Gasteiger partial charge in [0.05, 0.1) is 7.11 Å². The highest BCUT2D eigenvalue weighted by atomic mass is 16.5. The summed E-state index contributed by atoms with van der Waals surface area (Å²) in [6.07, 6.45) is 3.68. The number of amides is 2. The van der Waals surface area contributed by atoms with Gasteiger partial charge in [0.1, 0.15) is 11.8 Å². The highest BCUT2D eigenvalue weighted by molar-refractivity contribution is 6.01. The molecule has 2 aromatic rings. The molecule has 4 rings (SSSR count). The topological polar surface area (TPSA) is 61.9 Å². The third kappa shape index (κ3) is 4.51. The largest absolute Gasteiger partial charge is 0.497 e. The lowest BCUT2D eigenvalue weighted by Gasteiger charge is -2.41. The van der Waals surface area contributed by atoms with Crippen molar-refractivity contribution < 1.29 is 14.3 Å². The van der Waals surface area contributed by atoms with Gasteiger partial charge < -0.3 is 15.0 Å². The number of likely N-dealkylation sites (tertiary alicyclic amines) is 1. The Morgan fingerprint density at radius 3 is 2.41 bits per heavy atom. The molecular formula is C26H33N3O3. The number of benzene rings is 2. The van der Waals surface area contributed by atoms with E-state index in [0.717, 1.165) is 30.0 Å². The number of rotatable bonds is 7. The average Bonchev–Trinajstić information content (AvgIpc) is 3.15. The summed E-state index contributed by atoms with van der Waals surface area (Å²) < 4.78 is 5.28. The fourth-order valence-corrected chi connectivity index (χ4v) is 4.76. The summed E-state index contributed by atoms with van der Waals surface area (Å²) in [6.45, 7) is 7.44. The lowest BCUT2D eigenvalue weighted by Crippen LogP contribution is -2.54. The molecule has 0 spiro atoms. The number of ether oxygens (including phenoxy) is 1. The third-order valence-electron chi connectivity index (χ3n) is 6.75. The third-order valence-corrected chi connectivity index (χ3v) is 6.75. The summed E-state index contributed by atoms with van der Waals surface area (Å²) >= 11 is 0. The number of piperidine rings is 1. The molecule has 0 bridgehead atoms. The molecule has 0 saturated carbocycles. The summed E-state index contributed by atoms with van der Waals surface area (Å²) in [5.74, 6) is 0.462. The molecule has 32 heavy (non-hydrogen) atoms. The van der Waals surface area contributed by atoms with Crippen molar-refractivity contribution in [1.29, 1.82) is 0 Å². The van der Waals surface area contributed by atoms with Gasteiger partial charge in [0, 0.05) is 24.2 Å². The molecule has 2 aliphatic rings. The first-order valence-electron chi connectivity index (χ1n) is 11.5. The van der Waals surface area contributed by atoms with Crippen LogP contribution in [0.5, 0.6) is 5.75 Å². The van der Waals surface area contributed by atoms with Crippen molar-refractivity contribution in [2.24, 2.45) is 0 Å². The highest BCUT2D eigenvalue weighted by Gasteiger charge is 2.38. The normalized spacial score (nSPS) is 17.7. The van der Waals surface area contributed by atoms with Gasteiger partial charge in [0.25, 0.3) is 5.91 Å². The van der Waals surface area contributed by atoms with Gasteiger partial charge in [-0.3, -0.25) is 14.5 Å². The number of carbonyl (C=O) groups excluding carboxylic acids is 2.